The summed E-state index contributed by atoms with van der Waals surface area (Å²) >= 11 is 0. The number of hydrogen-bond acceptors (Lipinski definition) is 5. The predicted molar refractivity (Wildman–Crippen MR) is 98.3 cm³/mol. The third-order valence-corrected chi connectivity index (χ3v) is 4.05. The average molecular weight is 342 g/mol. The summed E-state index contributed by atoms with van der Waals surface area (Å²) in [6.07, 6.45) is 0. The van der Waals surface area contributed by atoms with Crippen molar-refractivity contribution >= 4 is 5.82 Å². The maximum atomic E-state index is 12.2. The summed E-state index contributed by atoms with van der Waals surface area (Å²) in [6, 6.07) is 18.5. The number of pyridine rings is 1. The van der Waals surface area contributed by atoms with Gasteiger partial charge in [0.05, 0.1) is 7.11 Å². The lowest BCUT2D eigenvalue weighted by Gasteiger charge is -2.14. The van der Waals surface area contributed by atoms with E-state index >= 15 is 0 Å². The average Bonchev–Trinajstić information content (AvgIpc) is 2.67. The molecule has 0 spiro atoms. The van der Waals surface area contributed by atoms with Gasteiger partial charge in [0.2, 0.25) is 0 Å². The highest BCUT2D eigenvalue weighted by atomic mass is 16.5. The molecule has 0 aliphatic rings. The largest absolute Gasteiger partial charge is 0.497 e. The highest BCUT2D eigenvalue weighted by Crippen LogP contribution is 2.36. The first-order valence-electron chi connectivity index (χ1n) is 7.70. The number of hydrogen-bond donors (Lipinski definition) is 2. The van der Waals surface area contributed by atoms with Crippen molar-refractivity contribution < 1.29 is 4.74 Å². The molecule has 6 nitrogen and oxygen atoms in total. The van der Waals surface area contributed by atoms with Crippen molar-refractivity contribution in [2.24, 2.45) is 0 Å². The Kier molecular flexibility index (Phi) is 4.42. The van der Waals surface area contributed by atoms with Crippen LogP contribution in [0.2, 0.25) is 0 Å². The molecule has 0 bridgehead atoms. The summed E-state index contributed by atoms with van der Waals surface area (Å²) < 4.78 is 5.27. The smallest absolute Gasteiger partial charge is 0.268 e. The molecule has 0 atom stereocenters. The molecule has 126 valence electrons. The summed E-state index contributed by atoms with van der Waals surface area (Å²) in [5.74, 6) is 0.607. The van der Waals surface area contributed by atoms with E-state index in [0.29, 0.717) is 11.3 Å². The quantitative estimate of drug-likeness (QED) is 0.759. The molecule has 26 heavy (non-hydrogen) atoms. The summed E-state index contributed by atoms with van der Waals surface area (Å²) in [6.45, 7) is 0. The molecule has 3 rings (SSSR count). The molecular weight excluding hydrogens is 328 g/mol. The van der Waals surface area contributed by atoms with Crippen molar-refractivity contribution in [3.63, 3.8) is 0 Å². The Labute approximate surface area is 149 Å². The third kappa shape index (κ3) is 2.77. The van der Waals surface area contributed by atoms with Gasteiger partial charge in [-0.15, -0.1) is 0 Å². The Hall–Kier alpha value is -4.03. The Morgan fingerprint density at radius 1 is 1.00 bits per heavy atom. The van der Waals surface area contributed by atoms with Crippen LogP contribution >= 0.6 is 0 Å². The number of nitrogen functional groups attached to an aromatic ring is 1. The molecule has 1 aromatic heterocycles. The van der Waals surface area contributed by atoms with Gasteiger partial charge in [-0.1, -0.05) is 36.4 Å². The Morgan fingerprint density at radius 2 is 1.69 bits per heavy atom. The van der Waals surface area contributed by atoms with E-state index < -0.39 is 5.56 Å². The van der Waals surface area contributed by atoms with E-state index in [0.717, 1.165) is 11.1 Å². The second kappa shape index (κ2) is 6.84. The normalized spacial score (nSPS) is 9.96. The number of aromatic amines is 1. The van der Waals surface area contributed by atoms with Crippen molar-refractivity contribution in [3.8, 4) is 40.1 Å². The number of ether oxygens (including phenoxy) is 1. The van der Waals surface area contributed by atoms with E-state index in [9.17, 15) is 15.3 Å². The minimum Gasteiger partial charge on any atom is -0.497 e. The van der Waals surface area contributed by atoms with Crippen LogP contribution in [0.15, 0.2) is 53.3 Å². The number of methoxy groups -OCH3 is 1. The zero-order valence-corrected chi connectivity index (χ0v) is 13.9. The van der Waals surface area contributed by atoms with Crippen molar-refractivity contribution in [1.29, 1.82) is 10.5 Å². The fourth-order valence-electron chi connectivity index (χ4n) is 2.86. The van der Waals surface area contributed by atoms with Gasteiger partial charge in [0.15, 0.2) is 0 Å². The molecule has 0 unspecified atom stereocenters. The summed E-state index contributed by atoms with van der Waals surface area (Å²) in [5.41, 5.74) is 7.50. The van der Waals surface area contributed by atoms with Crippen molar-refractivity contribution in [3.05, 3.63) is 70.0 Å². The van der Waals surface area contributed by atoms with Gasteiger partial charge in [0.1, 0.15) is 34.8 Å². The van der Waals surface area contributed by atoms with Crippen LogP contribution in [-0.2, 0) is 0 Å². The van der Waals surface area contributed by atoms with Crippen LogP contribution in [0.3, 0.4) is 0 Å². The Morgan fingerprint density at radius 3 is 2.35 bits per heavy atom. The molecular formula is C20H14N4O2. The molecule has 2 aromatic carbocycles. The lowest BCUT2D eigenvalue weighted by molar-refractivity contribution is 0.415. The van der Waals surface area contributed by atoms with Crippen molar-refractivity contribution in [1.82, 2.24) is 4.98 Å². The van der Waals surface area contributed by atoms with Crippen LogP contribution in [0.1, 0.15) is 11.1 Å². The number of rotatable bonds is 3. The fourth-order valence-corrected chi connectivity index (χ4v) is 2.86. The van der Waals surface area contributed by atoms with Crippen molar-refractivity contribution in [2.75, 3.05) is 12.8 Å². The highest BCUT2D eigenvalue weighted by molar-refractivity contribution is 5.90. The zero-order chi connectivity index (χ0) is 18.7. The number of nitrogens with zero attached hydrogens (tertiary/aromatic N) is 2. The van der Waals surface area contributed by atoms with Crippen LogP contribution in [0.5, 0.6) is 5.75 Å². The molecule has 0 radical (unpaired) electrons. The molecule has 6 heteroatoms. The Balaban J connectivity index is 2.40. The molecule has 3 N–H and O–H groups in total. The summed E-state index contributed by atoms with van der Waals surface area (Å²) in [7, 11) is 1.57. The van der Waals surface area contributed by atoms with Crippen LogP contribution in [-0.4, -0.2) is 12.1 Å². The zero-order valence-electron chi connectivity index (χ0n) is 13.9. The highest BCUT2D eigenvalue weighted by Gasteiger charge is 2.20. The second-order valence-corrected chi connectivity index (χ2v) is 5.49. The fraction of sp³-hybridized carbons (Fsp3) is 0.0500. The number of nitrogens with two attached hydrogens (primary N) is 1. The number of benzene rings is 2. The van der Waals surface area contributed by atoms with E-state index in [1.54, 1.807) is 19.2 Å². The van der Waals surface area contributed by atoms with E-state index in [4.69, 9.17) is 10.5 Å². The summed E-state index contributed by atoms with van der Waals surface area (Å²) in [4.78, 5) is 14.5. The number of nitrogens with one attached hydrogen (secondary N) is 1. The number of nitriles is 2. The van der Waals surface area contributed by atoms with Gasteiger partial charge < -0.3 is 15.5 Å². The number of aromatic nitrogens is 1. The second-order valence-electron chi connectivity index (χ2n) is 5.49. The van der Waals surface area contributed by atoms with Gasteiger partial charge in [0.25, 0.3) is 5.56 Å². The van der Waals surface area contributed by atoms with Crippen LogP contribution in [0.25, 0.3) is 22.3 Å². The molecule has 1 heterocycles. The SMILES string of the molecule is COc1cccc(-c2ccccc2-c2c(C#N)c(N)[nH]c(=O)c2C#N)c1. The maximum absolute atomic E-state index is 12.2. The standard InChI is InChI=1S/C20H14N4O2/c1-26-13-6-4-5-12(9-13)14-7-2-3-8-15(14)18-16(10-21)19(23)24-20(25)17(18)11-22/h2-9H,1H3,(H3,23,24,25). The molecule has 0 amide bonds. The molecule has 0 fully saturated rings. The van der Waals surface area contributed by atoms with E-state index in [2.05, 4.69) is 4.98 Å². The Bertz CT molecular complexity index is 1130. The minimum absolute atomic E-state index is 0.0630. The van der Waals surface area contributed by atoms with E-state index in [1.165, 1.54) is 0 Å². The third-order valence-electron chi connectivity index (χ3n) is 4.05. The van der Waals surface area contributed by atoms with Crippen molar-refractivity contribution in [2.45, 2.75) is 0 Å². The number of H-pyrrole nitrogens is 1. The van der Waals surface area contributed by atoms with Gasteiger partial charge in [-0.05, 0) is 28.8 Å². The predicted octanol–water partition coefficient (Wildman–Crippen LogP) is 3.04. The van der Waals surface area contributed by atoms with Gasteiger partial charge >= 0.3 is 0 Å². The van der Waals surface area contributed by atoms with Crippen LogP contribution < -0.4 is 16.0 Å². The maximum Gasteiger partial charge on any atom is 0.268 e. The first-order valence-corrected chi connectivity index (χ1v) is 7.70. The first kappa shape index (κ1) is 16.8. The topological polar surface area (TPSA) is 116 Å². The molecule has 0 aliphatic carbocycles. The van der Waals surface area contributed by atoms with Gasteiger partial charge in [-0.3, -0.25) is 4.79 Å². The lowest BCUT2D eigenvalue weighted by Crippen LogP contribution is -2.16. The minimum atomic E-state index is -0.626. The molecule has 0 saturated carbocycles. The van der Waals surface area contributed by atoms with Gasteiger partial charge in [-0.2, -0.15) is 10.5 Å². The van der Waals surface area contributed by atoms with Crippen LogP contribution in [0, 0.1) is 22.7 Å². The van der Waals surface area contributed by atoms with Gasteiger partial charge in [-0.25, -0.2) is 0 Å². The lowest BCUT2D eigenvalue weighted by atomic mass is 9.90. The van der Waals surface area contributed by atoms with Gasteiger partial charge in [0, 0.05) is 5.56 Å². The monoisotopic (exact) mass is 342 g/mol. The molecule has 0 aliphatic heterocycles. The molecule has 0 saturated heterocycles. The summed E-state index contributed by atoms with van der Waals surface area (Å²) in [5, 5.41) is 19.0. The first-order chi connectivity index (χ1) is 12.6. The van der Waals surface area contributed by atoms with E-state index in [-0.39, 0.29) is 22.5 Å². The molecule has 3 aromatic rings. The van der Waals surface area contributed by atoms with E-state index in [1.807, 2.05) is 48.5 Å². The van der Waals surface area contributed by atoms with Crippen LogP contribution in [0.4, 0.5) is 5.82 Å². The number of anilines is 1.